The van der Waals surface area contributed by atoms with E-state index in [0.717, 1.165) is 11.1 Å². The van der Waals surface area contributed by atoms with Crippen molar-refractivity contribution in [1.29, 1.82) is 0 Å². The Kier molecular flexibility index (Phi) is 4.30. The third kappa shape index (κ3) is 3.31. The molecule has 0 aliphatic carbocycles. The number of nitrogens with zero attached hydrogens (tertiary/aromatic N) is 1. The van der Waals surface area contributed by atoms with Gasteiger partial charge in [-0.25, -0.2) is 0 Å². The van der Waals surface area contributed by atoms with Gasteiger partial charge in [0.05, 0.1) is 10.6 Å². The number of aryl methyl sites for hydroxylation is 1. The number of amides is 1. The first-order valence-corrected chi connectivity index (χ1v) is 6.64. The summed E-state index contributed by atoms with van der Waals surface area (Å²) < 4.78 is 0. The minimum atomic E-state index is -0.122. The second kappa shape index (κ2) is 5.97. The highest BCUT2D eigenvalue weighted by molar-refractivity contribution is 6.33. The van der Waals surface area contributed by atoms with Crippen LogP contribution in [0.5, 0.6) is 5.75 Å². The van der Waals surface area contributed by atoms with E-state index in [1.807, 2.05) is 13.0 Å². The van der Waals surface area contributed by atoms with Crippen LogP contribution >= 0.6 is 11.6 Å². The molecule has 0 unspecified atom stereocenters. The molecular weight excluding hydrogens is 274 g/mol. The quantitative estimate of drug-likeness (QED) is 0.937. The number of aromatic hydroxyl groups is 1. The molecular formula is C16H16ClNO2. The number of phenols is 1. The molecule has 0 heterocycles. The predicted molar refractivity (Wildman–Crippen MR) is 80.1 cm³/mol. The summed E-state index contributed by atoms with van der Waals surface area (Å²) in [4.78, 5) is 13.9. The summed E-state index contributed by atoms with van der Waals surface area (Å²) in [5.41, 5.74) is 2.47. The van der Waals surface area contributed by atoms with E-state index >= 15 is 0 Å². The fourth-order valence-corrected chi connectivity index (χ4v) is 2.26. The molecule has 4 heteroatoms. The zero-order valence-corrected chi connectivity index (χ0v) is 12.2. The van der Waals surface area contributed by atoms with Crippen molar-refractivity contribution in [1.82, 2.24) is 4.90 Å². The lowest BCUT2D eigenvalue weighted by Gasteiger charge is -2.18. The van der Waals surface area contributed by atoms with Crippen LogP contribution in [0, 0.1) is 6.92 Å². The first kappa shape index (κ1) is 14.4. The van der Waals surface area contributed by atoms with E-state index in [1.165, 1.54) is 0 Å². The largest absolute Gasteiger partial charge is 0.508 e. The lowest BCUT2D eigenvalue weighted by molar-refractivity contribution is 0.0785. The molecule has 0 aromatic heterocycles. The Morgan fingerprint density at radius 3 is 2.45 bits per heavy atom. The van der Waals surface area contributed by atoms with Crippen molar-refractivity contribution in [2.24, 2.45) is 0 Å². The fourth-order valence-electron chi connectivity index (χ4n) is 1.95. The highest BCUT2D eigenvalue weighted by atomic mass is 35.5. The summed E-state index contributed by atoms with van der Waals surface area (Å²) in [6.45, 7) is 2.39. The molecule has 0 atom stereocenters. The molecule has 104 valence electrons. The van der Waals surface area contributed by atoms with Crippen LogP contribution in [-0.2, 0) is 6.54 Å². The minimum absolute atomic E-state index is 0.122. The van der Waals surface area contributed by atoms with Crippen LogP contribution in [0.15, 0.2) is 42.5 Å². The second-order valence-corrected chi connectivity index (χ2v) is 5.22. The molecule has 0 radical (unpaired) electrons. The van der Waals surface area contributed by atoms with Crippen molar-refractivity contribution in [3.63, 3.8) is 0 Å². The van der Waals surface area contributed by atoms with Gasteiger partial charge in [0, 0.05) is 13.6 Å². The maximum atomic E-state index is 12.3. The highest BCUT2D eigenvalue weighted by Crippen LogP contribution is 2.20. The summed E-state index contributed by atoms with van der Waals surface area (Å²) in [7, 11) is 1.73. The van der Waals surface area contributed by atoms with Crippen LogP contribution in [-0.4, -0.2) is 23.0 Å². The van der Waals surface area contributed by atoms with Gasteiger partial charge < -0.3 is 10.0 Å². The van der Waals surface area contributed by atoms with Gasteiger partial charge in [0.2, 0.25) is 0 Å². The van der Waals surface area contributed by atoms with Crippen molar-refractivity contribution in [3.05, 3.63) is 64.2 Å². The number of rotatable bonds is 3. The monoisotopic (exact) mass is 289 g/mol. The molecule has 0 aliphatic rings. The van der Waals surface area contributed by atoms with E-state index in [9.17, 15) is 9.90 Å². The lowest BCUT2D eigenvalue weighted by atomic mass is 10.1. The van der Waals surface area contributed by atoms with Gasteiger partial charge in [-0.1, -0.05) is 29.8 Å². The number of carbonyl (C=O) groups excluding carboxylic acids is 1. The Morgan fingerprint density at radius 1 is 1.20 bits per heavy atom. The molecule has 0 aliphatic heterocycles. The number of hydrogen-bond donors (Lipinski definition) is 1. The van der Waals surface area contributed by atoms with Crippen molar-refractivity contribution in [2.75, 3.05) is 7.05 Å². The third-order valence-corrected chi connectivity index (χ3v) is 3.37. The number of carbonyl (C=O) groups is 1. The number of phenolic OH excluding ortho intramolecular Hbond substituents is 1. The molecule has 0 bridgehead atoms. The number of hydrogen-bond acceptors (Lipinski definition) is 2. The van der Waals surface area contributed by atoms with E-state index < -0.39 is 0 Å². The van der Waals surface area contributed by atoms with Crippen LogP contribution in [0.2, 0.25) is 5.02 Å². The molecule has 1 N–H and O–H groups in total. The standard InChI is InChI=1S/C16H16ClNO2/c1-11-3-8-14(15(17)9-11)16(20)18(2)10-12-4-6-13(19)7-5-12/h3-9,19H,10H2,1-2H3. The smallest absolute Gasteiger partial charge is 0.255 e. The number of halogens is 1. The molecule has 3 nitrogen and oxygen atoms in total. The van der Waals surface area contributed by atoms with E-state index in [-0.39, 0.29) is 11.7 Å². The highest BCUT2D eigenvalue weighted by Gasteiger charge is 2.15. The molecule has 1 amide bonds. The van der Waals surface area contributed by atoms with E-state index in [0.29, 0.717) is 17.1 Å². The van der Waals surface area contributed by atoms with Crippen molar-refractivity contribution < 1.29 is 9.90 Å². The molecule has 2 aromatic carbocycles. The predicted octanol–water partition coefficient (Wildman–Crippen LogP) is 3.63. The van der Waals surface area contributed by atoms with Gasteiger partial charge in [-0.2, -0.15) is 0 Å². The summed E-state index contributed by atoms with van der Waals surface area (Å²) in [6, 6.07) is 12.2. The van der Waals surface area contributed by atoms with Gasteiger partial charge in [0.1, 0.15) is 5.75 Å². The molecule has 2 aromatic rings. The summed E-state index contributed by atoms with van der Waals surface area (Å²) >= 11 is 6.11. The first-order chi connectivity index (χ1) is 9.47. The third-order valence-electron chi connectivity index (χ3n) is 3.06. The van der Waals surface area contributed by atoms with Gasteiger partial charge in [-0.05, 0) is 42.3 Å². The molecule has 2 rings (SSSR count). The Bertz CT molecular complexity index is 623. The maximum Gasteiger partial charge on any atom is 0.255 e. The van der Waals surface area contributed by atoms with Crippen molar-refractivity contribution in [2.45, 2.75) is 13.5 Å². The van der Waals surface area contributed by atoms with Crippen molar-refractivity contribution >= 4 is 17.5 Å². The van der Waals surface area contributed by atoms with Gasteiger partial charge >= 0.3 is 0 Å². The van der Waals surface area contributed by atoms with Crippen LogP contribution in [0.25, 0.3) is 0 Å². The van der Waals surface area contributed by atoms with E-state index in [1.54, 1.807) is 48.3 Å². The molecule has 0 saturated heterocycles. The first-order valence-electron chi connectivity index (χ1n) is 6.27. The van der Waals surface area contributed by atoms with E-state index in [4.69, 9.17) is 11.6 Å². The van der Waals surface area contributed by atoms with Gasteiger partial charge in [0.25, 0.3) is 5.91 Å². The lowest BCUT2D eigenvalue weighted by Crippen LogP contribution is -2.26. The Labute approximate surface area is 123 Å². The Hall–Kier alpha value is -2.00. The number of benzene rings is 2. The molecule has 0 fully saturated rings. The fraction of sp³-hybridized carbons (Fsp3) is 0.188. The Balaban J connectivity index is 2.14. The zero-order valence-electron chi connectivity index (χ0n) is 11.4. The molecule has 0 spiro atoms. The summed E-state index contributed by atoms with van der Waals surface area (Å²) in [5, 5.41) is 9.71. The zero-order chi connectivity index (χ0) is 14.7. The van der Waals surface area contributed by atoms with Gasteiger partial charge in [-0.15, -0.1) is 0 Å². The molecule has 0 saturated carbocycles. The summed E-state index contributed by atoms with van der Waals surface area (Å²) in [5.74, 6) is 0.0902. The average molecular weight is 290 g/mol. The SMILES string of the molecule is Cc1ccc(C(=O)N(C)Cc2ccc(O)cc2)c(Cl)c1. The normalized spacial score (nSPS) is 10.3. The maximum absolute atomic E-state index is 12.3. The summed E-state index contributed by atoms with van der Waals surface area (Å²) in [6.07, 6.45) is 0. The van der Waals surface area contributed by atoms with E-state index in [2.05, 4.69) is 0 Å². The molecule has 20 heavy (non-hydrogen) atoms. The van der Waals surface area contributed by atoms with Crippen LogP contribution in [0.1, 0.15) is 21.5 Å². The van der Waals surface area contributed by atoms with Crippen molar-refractivity contribution in [3.8, 4) is 5.75 Å². The minimum Gasteiger partial charge on any atom is -0.508 e. The van der Waals surface area contributed by atoms with Gasteiger partial charge in [-0.3, -0.25) is 4.79 Å². The van der Waals surface area contributed by atoms with Crippen LogP contribution < -0.4 is 0 Å². The topological polar surface area (TPSA) is 40.5 Å². The van der Waals surface area contributed by atoms with Gasteiger partial charge in [0.15, 0.2) is 0 Å². The second-order valence-electron chi connectivity index (χ2n) is 4.81. The van der Waals surface area contributed by atoms with Crippen LogP contribution in [0.3, 0.4) is 0 Å². The Morgan fingerprint density at radius 2 is 1.85 bits per heavy atom. The van der Waals surface area contributed by atoms with Crippen LogP contribution in [0.4, 0.5) is 0 Å². The average Bonchev–Trinajstić information content (AvgIpc) is 2.40.